The topological polar surface area (TPSA) is 18.5 Å². The van der Waals surface area contributed by atoms with Gasteiger partial charge in [0.25, 0.3) is 0 Å². The molecule has 1 unspecified atom stereocenters. The third-order valence-corrected chi connectivity index (χ3v) is 2.13. The second kappa shape index (κ2) is 4.31. The summed E-state index contributed by atoms with van der Waals surface area (Å²) in [6.45, 7) is 3.67. The molecule has 0 saturated carbocycles. The first-order chi connectivity index (χ1) is 4.84. The highest BCUT2D eigenvalue weighted by Crippen LogP contribution is 2.17. The molecular formula is C7H13BrO2. The molecule has 0 aliphatic carbocycles. The van der Waals surface area contributed by atoms with Crippen LogP contribution in [0.3, 0.4) is 0 Å². The molecule has 10 heavy (non-hydrogen) atoms. The molecule has 1 heterocycles. The highest BCUT2D eigenvalue weighted by Gasteiger charge is 2.21. The predicted octanol–water partition coefficient (Wildman–Crippen LogP) is 1.78. The van der Waals surface area contributed by atoms with Crippen molar-refractivity contribution in [2.75, 3.05) is 18.5 Å². The molecule has 2 nitrogen and oxygen atoms in total. The molecule has 1 rings (SSSR count). The quantitative estimate of drug-likeness (QED) is 0.659. The van der Waals surface area contributed by atoms with Crippen molar-refractivity contribution in [3.05, 3.63) is 0 Å². The molecule has 1 atom stereocenters. The van der Waals surface area contributed by atoms with E-state index in [-0.39, 0.29) is 6.29 Å². The zero-order valence-electron chi connectivity index (χ0n) is 6.18. The van der Waals surface area contributed by atoms with Gasteiger partial charge in [-0.1, -0.05) is 22.9 Å². The van der Waals surface area contributed by atoms with Crippen LogP contribution in [0.1, 0.15) is 13.3 Å². The van der Waals surface area contributed by atoms with Crippen LogP contribution in [-0.2, 0) is 9.47 Å². The van der Waals surface area contributed by atoms with Crippen LogP contribution in [0.25, 0.3) is 0 Å². The van der Waals surface area contributed by atoms with Gasteiger partial charge in [0, 0.05) is 11.2 Å². The first kappa shape index (κ1) is 8.50. The van der Waals surface area contributed by atoms with Gasteiger partial charge in [-0.25, -0.2) is 0 Å². The van der Waals surface area contributed by atoms with Crippen LogP contribution in [0.15, 0.2) is 0 Å². The van der Waals surface area contributed by atoms with Crippen molar-refractivity contribution in [3.8, 4) is 0 Å². The Morgan fingerprint density at radius 1 is 1.50 bits per heavy atom. The Bertz CT molecular complexity index is 91.6. The van der Waals surface area contributed by atoms with E-state index in [0.717, 1.165) is 25.0 Å². The van der Waals surface area contributed by atoms with Crippen molar-refractivity contribution in [1.29, 1.82) is 0 Å². The number of hydrogen-bond donors (Lipinski definition) is 0. The Kier molecular flexibility index (Phi) is 3.66. The summed E-state index contributed by atoms with van der Waals surface area (Å²) in [7, 11) is 0. The van der Waals surface area contributed by atoms with Gasteiger partial charge in [-0.05, 0) is 6.42 Å². The summed E-state index contributed by atoms with van der Waals surface area (Å²) in [6.07, 6.45) is 1.17. The van der Waals surface area contributed by atoms with Crippen LogP contribution in [0.4, 0.5) is 0 Å². The molecule has 0 radical (unpaired) electrons. The third kappa shape index (κ3) is 2.22. The molecule has 0 aromatic carbocycles. The Morgan fingerprint density at radius 3 is 2.60 bits per heavy atom. The van der Waals surface area contributed by atoms with Crippen LogP contribution in [0.2, 0.25) is 0 Å². The van der Waals surface area contributed by atoms with Crippen LogP contribution in [-0.4, -0.2) is 24.8 Å². The Morgan fingerprint density at radius 2 is 2.10 bits per heavy atom. The minimum absolute atomic E-state index is 0.0533. The van der Waals surface area contributed by atoms with Crippen LogP contribution in [0, 0.1) is 5.92 Å². The standard InChI is InChI=1S/C7H13BrO2/c1-6(2-3-8)7-9-4-5-10-7/h6-7H,2-5H2,1H3. The molecule has 0 spiro atoms. The maximum Gasteiger partial charge on any atom is 0.160 e. The van der Waals surface area contributed by atoms with Crippen LogP contribution in [0.5, 0.6) is 0 Å². The summed E-state index contributed by atoms with van der Waals surface area (Å²) < 4.78 is 10.6. The van der Waals surface area contributed by atoms with Crippen molar-refractivity contribution in [1.82, 2.24) is 0 Å². The SMILES string of the molecule is CC(CCBr)C1OCCO1. The highest BCUT2D eigenvalue weighted by molar-refractivity contribution is 9.09. The Labute approximate surface area is 70.0 Å². The van der Waals surface area contributed by atoms with Crippen LogP contribution >= 0.6 is 15.9 Å². The number of halogens is 1. The molecule has 0 aromatic heterocycles. The summed E-state index contributed by atoms with van der Waals surface area (Å²) in [5.74, 6) is 0.516. The van der Waals surface area contributed by atoms with Gasteiger partial charge in [0.05, 0.1) is 13.2 Å². The van der Waals surface area contributed by atoms with E-state index >= 15 is 0 Å². The van der Waals surface area contributed by atoms with Gasteiger partial charge in [0.2, 0.25) is 0 Å². The van der Waals surface area contributed by atoms with E-state index in [1.165, 1.54) is 0 Å². The van der Waals surface area contributed by atoms with E-state index in [2.05, 4.69) is 22.9 Å². The summed E-state index contributed by atoms with van der Waals surface area (Å²) in [5, 5.41) is 1.03. The fourth-order valence-electron chi connectivity index (χ4n) is 1.01. The molecule has 0 aromatic rings. The van der Waals surface area contributed by atoms with Crippen molar-refractivity contribution < 1.29 is 9.47 Å². The summed E-state index contributed by atoms with van der Waals surface area (Å²) >= 11 is 3.39. The van der Waals surface area contributed by atoms with Gasteiger partial charge >= 0.3 is 0 Å². The second-order valence-electron chi connectivity index (χ2n) is 2.56. The van der Waals surface area contributed by atoms with Crippen molar-refractivity contribution in [3.63, 3.8) is 0 Å². The van der Waals surface area contributed by atoms with Gasteiger partial charge in [-0.3, -0.25) is 0 Å². The number of rotatable bonds is 3. The molecule has 0 bridgehead atoms. The Balaban J connectivity index is 2.18. The average molecular weight is 209 g/mol. The molecule has 1 aliphatic rings. The maximum absolute atomic E-state index is 5.32. The lowest BCUT2D eigenvalue weighted by Gasteiger charge is -2.15. The number of hydrogen-bond acceptors (Lipinski definition) is 2. The van der Waals surface area contributed by atoms with Crippen LogP contribution < -0.4 is 0 Å². The summed E-state index contributed by atoms with van der Waals surface area (Å²) in [5.41, 5.74) is 0. The van der Waals surface area contributed by atoms with E-state index in [1.807, 2.05) is 0 Å². The molecular weight excluding hydrogens is 196 g/mol. The second-order valence-corrected chi connectivity index (χ2v) is 3.36. The fourth-order valence-corrected chi connectivity index (χ4v) is 1.74. The monoisotopic (exact) mass is 208 g/mol. The largest absolute Gasteiger partial charge is 0.350 e. The molecule has 1 fully saturated rings. The number of ether oxygens (including phenoxy) is 2. The normalized spacial score (nSPS) is 23.4. The lowest BCUT2D eigenvalue weighted by Crippen LogP contribution is -2.18. The zero-order chi connectivity index (χ0) is 7.40. The van der Waals surface area contributed by atoms with Crippen molar-refractivity contribution >= 4 is 15.9 Å². The lowest BCUT2D eigenvalue weighted by atomic mass is 10.1. The zero-order valence-corrected chi connectivity index (χ0v) is 7.76. The van der Waals surface area contributed by atoms with Gasteiger partial charge in [-0.2, -0.15) is 0 Å². The molecule has 60 valence electrons. The molecule has 1 aliphatic heterocycles. The fraction of sp³-hybridized carbons (Fsp3) is 1.00. The smallest absolute Gasteiger partial charge is 0.160 e. The predicted molar refractivity (Wildman–Crippen MR) is 43.3 cm³/mol. The average Bonchev–Trinajstić information content (AvgIpc) is 2.38. The molecule has 0 N–H and O–H groups in total. The van der Waals surface area contributed by atoms with Crippen molar-refractivity contribution in [2.45, 2.75) is 19.6 Å². The lowest BCUT2D eigenvalue weighted by molar-refractivity contribution is -0.0786. The first-order valence-corrected chi connectivity index (χ1v) is 4.76. The van der Waals surface area contributed by atoms with E-state index in [4.69, 9.17) is 9.47 Å². The van der Waals surface area contributed by atoms with Crippen molar-refractivity contribution in [2.24, 2.45) is 5.92 Å². The minimum atomic E-state index is 0.0533. The van der Waals surface area contributed by atoms with E-state index < -0.39 is 0 Å². The van der Waals surface area contributed by atoms with Gasteiger partial charge in [-0.15, -0.1) is 0 Å². The molecule has 3 heteroatoms. The van der Waals surface area contributed by atoms with E-state index in [9.17, 15) is 0 Å². The first-order valence-electron chi connectivity index (χ1n) is 3.63. The van der Waals surface area contributed by atoms with Gasteiger partial charge in [0.15, 0.2) is 6.29 Å². The summed E-state index contributed by atoms with van der Waals surface area (Å²) in [6, 6.07) is 0. The highest BCUT2D eigenvalue weighted by atomic mass is 79.9. The third-order valence-electron chi connectivity index (χ3n) is 1.68. The number of alkyl halides is 1. The minimum Gasteiger partial charge on any atom is -0.350 e. The summed E-state index contributed by atoms with van der Waals surface area (Å²) in [4.78, 5) is 0. The van der Waals surface area contributed by atoms with E-state index in [0.29, 0.717) is 5.92 Å². The maximum atomic E-state index is 5.32. The van der Waals surface area contributed by atoms with Gasteiger partial charge in [0.1, 0.15) is 0 Å². The van der Waals surface area contributed by atoms with Gasteiger partial charge < -0.3 is 9.47 Å². The molecule has 0 amide bonds. The van der Waals surface area contributed by atoms with E-state index in [1.54, 1.807) is 0 Å². The Hall–Kier alpha value is 0.400. The molecule has 1 saturated heterocycles.